The molecule has 8 nitrogen and oxygen atoms in total. The molecule has 0 amide bonds. The first kappa shape index (κ1) is 10.8. The standard InChI is InChI=1S/C9H10N8/c1-5(8-14-16-17-15-8)13-9-6(3-10)2-7(11)4-12-9/h2,4-5H,11H2,1H3,(H,12,13)(H,14,15,16,17). The number of nitrogens with one attached hydrogen (secondary N) is 2. The van der Waals surface area contributed by atoms with Crippen molar-refractivity contribution >= 4 is 11.5 Å². The third-order valence-electron chi connectivity index (χ3n) is 2.13. The summed E-state index contributed by atoms with van der Waals surface area (Å²) in [6.45, 7) is 1.84. The molecule has 1 atom stereocenters. The van der Waals surface area contributed by atoms with Crippen molar-refractivity contribution < 1.29 is 0 Å². The summed E-state index contributed by atoms with van der Waals surface area (Å²) < 4.78 is 0. The first-order chi connectivity index (χ1) is 8.20. The topological polar surface area (TPSA) is 129 Å². The molecular formula is C9H10N8. The Morgan fingerprint density at radius 3 is 3.06 bits per heavy atom. The number of nitrogens with two attached hydrogens (primary N) is 1. The minimum absolute atomic E-state index is 0.211. The van der Waals surface area contributed by atoms with E-state index in [9.17, 15) is 0 Å². The number of nitrogen functional groups attached to an aromatic ring is 1. The van der Waals surface area contributed by atoms with Crippen LogP contribution >= 0.6 is 0 Å². The van der Waals surface area contributed by atoms with E-state index >= 15 is 0 Å². The Hall–Kier alpha value is -2.69. The number of nitrogens with zero attached hydrogens (tertiary/aromatic N) is 5. The third-order valence-corrected chi connectivity index (χ3v) is 2.13. The lowest BCUT2D eigenvalue weighted by molar-refractivity contribution is 0.787. The second kappa shape index (κ2) is 4.44. The van der Waals surface area contributed by atoms with Crippen LogP contribution < -0.4 is 11.1 Å². The largest absolute Gasteiger partial charge is 0.397 e. The summed E-state index contributed by atoms with van der Waals surface area (Å²) in [7, 11) is 0. The van der Waals surface area contributed by atoms with E-state index in [0.717, 1.165) is 0 Å². The molecule has 1 unspecified atom stereocenters. The number of hydrogen-bond acceptors (Lipinski definition) is 7. The molecule has 0 saturated carbocycles. The van der Waals surface area contributed by atoms with Crippen LogP contribution in [-0.2, 0) is 0 Å². The van der Waals surface area contributed by atoms with Gasteiger partial charge in [0.15, 0.2) is 5.82 Å². The average molecular weight is 230 g/mol. The molecule has 0 aliphatic heterocycles. The summed E-state index contributed by atoms with van der Waals surface area (Å²) >= 11 is 0. The molecule has 0 radical (unpaired) electrons. The zero-order chi connectivity index (χ0) is 12.3. The van der Waals surface area contributed by atoms with Gasteiger partial charge in [-0.15, -0.1) is 10.2 Å². The highest BCUT2D eigenvalue weighted by Gasteiger charge is 2.13. The molecule has 17 heavy (non-hydrogen) atoms. The fourth-order valence-electron chi connectivity index (χ4n) is 1.30. The number of nitriles is 1. The Balaban J connectivity index is 2.22. The first-order valence-electron chi connectivity index (χ1n) is 4.86. The van der Waals surface area contributed by atoms with Gasteiger partial charge >= 0.3 is 0 Å². The predicted molar refractivity (Wildman–Crippen MR) is 59.6 cm³/mol. The molecule has 8 heteroatoms. The van der Waals surface area contributed by atoms with Gasteiger partial charge in [-0.1, -0.05) is 5.21 Å². The van der Waals surface area contributed by atoms with Crippen molar-refractivity contribution in [3.8, 4) is 6.07 Å². The minimum Gasteiger partial charge on any atom is -0.397 e. The van der Waals surface area contributed by atoms with Gasteiger partial charge in [0.1, 0.15) is 11.9 Å². The number of tetrazole rings is 1. The van der Waals surface area contributed by atoms with Crippen LogP contribution in [0.3, 0.4) is 0 Å². The van der Waals surface area contributed by atoms with Crippen molar-refractivity contribution in [1.82, 2.24) is 25.6 Å². The molecule has 2 heterocycles. The van der Waals surface area contributed by atoms with Gasteiger partial charge in [-0.05, 0) is 13.0 Å². The molecule has 0 fully saturated rings. The third kappa shape index (κ3) is 2.28. The lowest BCUT2D eigenvalue weighted by atomic mass is 10.2. The van der Waals surface area contributed by atoms with Gasteiger partial charge in [0, 0.05) is 0 Å². The van der Waals surface area contributed by atoms with Gasteiger partial charge in [-0.25, -0.2) is 4.98 Å². The van der Waals surface area contributed by atoms with Crippen molar-refractivity contribution in [2.45, 2.75) is 13.0 Å². The summed E-state index contributed by atoms with van der Waals surface area (Å²) in [5.74, 6) is 0.937. The predicted octanol–water partition coefficient (Wildman–Crippen LogP) is 0.222. The average Bonchev–Trinajstić information content (AvgIpc) is 2.85. The SMILES string of the molecule is CC(Nc1ncc(N)cc1C#N)c1nn[nH]n1. The maximum absolute atomic E-state index is 8.95. The van der Waals surface area contributed by atoms with Crippen LogP contribution in [0.4, 0.5) is 11.5 Å². The molecule has 86 valence electrons. The van der Waals surface area contributed by atoms with Crippen molar-refractivity contribution in [3.63, 3.8) is 0 Å². The zero-order valence-electron chi connectivity index (χ0n) is 9.05. The molecule has 0 aliphatic rings. The molecule has 0 bridgehead atoms. The van der Waals surface area contributed by atoms with E-state index < -0.39 is 0 Å². The van der Waals surface area contributed by atoms with Gasteiger partial charge < -0.3 is 11.1 Å². The molecule has 0 spiro atoms. The van der Waals surface area contributed by atoms with E-state index in [0.29, 0.717) is 22.9 Å². The van der Waals surface area contributed by atoms with Crippen molar-refractivity contribution in [1.29, 1.82) is 5.26 Å². The summed E-state index contributed by atoms with van der Waals surface area (Å²) in [4.78, 5) is 4.05. The van der Waals surface area contributed by atoms with E-state index in [-0.39, 0.29) is 6.04 Å². The normalized spacial score (nSPS) is 11.8. The lowest BCUT2D eigenvalue weighted by Crippen LogP contribution is -2.11. The summed E-state index contributed by atoms with van der Waals surface area (Å²) in [5, 5.41) is 25.5. The van der Waals surface area contributed by atoms with Gasteiger partial charge in [0.05, 0.1) is 23.5 Å². The zero-order valence-corrected chi connectivity index (χ0v) is 9.05. The number of hydrogen-bond donors (Lipinski definition) is 3. The number of aromatic amines is 1. The summed E-state index contributed by atoms with van der Waals surface area (Å²) in [6.07, 6.45) is 1.48. The van der Waals surface area contributed by atoms with Crippen LogP contribution in [0.5, 0.6) is 0 Å². The Bertz CT molecular complexity index is 541. The molecular weight excluding hydrogens is 220 g/mol. The Morgan fingerprint density at radius 2 is 2.41 bits per heavy atom. The number of anilines is 2. The van der Waals surface area contributed by atoms with Crippen molar-refractivity contribution in [2.75, 3.05) is 11.1 Å². The van der Waals surface area contributed by atoms with Gasteiger partial charge in [-0.3, -0.25) is 0 Å². The maximum atomic E-state index is 8.95. The number of pyridine rings is 1. The second-order valence-electron chi connectivity index (χ2n) is 3.41. The molecule has 0 saturated heterocycles. The van der Waals surface area contributed by atoms with E-state index in [1.807, 2.05) is 13.0 Å². The number of rotatable bonds is 3. The highest BCUT2D eigenvalue weighted by molar-refractivity contribution is 5.57. The summed E-state index contributed by atoms with van der Waals surface area (Å²) in [5.41, 5.74) is 6.37. The summed E-state index contributed by atoms with van der Waals surface area (Å²) in [6, 6.07) is 3.36. The second-order valence-corrected chi connectivity index (χ2v) is 3.41. The van der Waals surface area contributed by atoms with Crippen LogP contribution in [0.1, 0.15) is 24.4 Å². The fourth-order valence-corrected chi connectivity index (χ4v) is 1.30. The van der Waals surface area contributed by atoms with Crippen LogP contribution in [0, 0.1) is 11.3 Å². The maximum Gasteiger partial charge on any atom is 0.196 e. The number of H-pyrrole nitrogens is 1. The van der Waals surface area contributed by atoms with Gasteiger partial charge in [0.2, 0.25) is 0 Å². The minimum atomic E-state index is -0.211. The van der Waals surface area contributed by atoms with E-state index in [2.05, 4.69) is 30.9 Å². The fraction of sp³-hybridized carbons (Fsp3) is 0.222. The van der Waals surface area contributed by atoms with Gasteiger partial charge in [-0.2, -0.15) is 10.5 Å². The van der Waals surface area contributed by atoms with E-state index in [1.54, 1.807) is 6.07 Å². The Kier molecular flexibility index (Phi) is 2.83. The van der Waals surface area contributed by atoms with Crippen molar-refractivity contribution in [3.05, 3.63) is 23.7 Å². The number of aromatic nitrogens is 5. The van der Waals surface area contributed by atoms with Crippen LogP contribution in [-0.4, -0.2) is 25.6 Å². The highest BCUT2D eigenvalue weighted by atomic mass is 15.5. The molecule has 2 aromatic rings. The lowest BCUT2D eigenvalue weighted by Gasteiger charge is -2.11. The quantitative estimate of drug-likeness (QED) is 0.687. The van der Waals surface area contributed by atoms with Crippen LogP contribution in [0.2, 0.25) is 0 Å². The first-order valence-corrected chi connectivity index (χ1v) is 4.86. The molecule has 2 aromatic heterocycles. The monoisotopic (exact) mass is 230 g/mol. The Morgan fingerprint density at radius 1 is 1.59 bits per heavy atom. The van der Waals surface area contributed by atoms with Gasteiger partial charge in [0.25, 0.3) is 0 Å². The molecule has 0 aromatic carbocycles. The highest BCUT2D eigenvalue weighted by Crippen LogP contribution is 2.18. The van der Waals surface area contributed by atoms with Crippen molar-refractivity contribution in [2.24, 2.45) is 0 Å². The van der Waals surface area contributed by atoms with E-state index in [4.69, 9.17) is 11.0 Å². The molecule has 0 aliphatic carbocycles. The molecule has 4 N–H and O–H groups in total. The Labute approximate surface area is 96.9 Å². The van der Waals surface area contributed by atoms with Crippen LogP contribution in [0.25, 0.3) is 0 Å². The molecule has 2 rings (SSSR count). The van der Waals surface area contributed by atoms with E-state index in [1.165, 1.54) is 6.20 Å². The smallest absolute Gasteiger partial charge is 0.196 e. The van der Waals surface area contributed by atoms with Crippen LogP contribution in [0.15, 0.2) is 12.3 Å².